The van der Waals surface area contributed by atoms with Crippen molar-refractivity contribution in [3.8, 4) is 0 Å². The summed E-state index contributed by atoms with van der Waals surface area (Å²) in [5, 5.41) is 6.23. The molecule has 2 N–H and O–H groups in total. The molecule has 2 amide bonds. The molecule has 0 radical (unpaired) electrons. The molecular weight excluding hydrogens is 363 g/mol. The lowest BCUT2D eigenvalue weighted by Gasteiger charge is -2.13. The van der Waals surface area contributed by atoms with Crippen LogP contribution in [0.4, 0.5) is 9.39 Å². The SMILES string of the molecule is Cc1cc(NC(=O)c2cccc(F)c2)sc1C(=O)NC(C)c1ccccc1. The maximum atomic E-state index is 13.3. The van der Waals surface area contributed by atoms with Crippen molar-refractivity contribution in [1.82, 2.24) is 5.32 Å². The van der Waals surface area contributed by atoms with Crippen LogP contribution in [-0.4, -0.2) is 11.8 Å². The molecule has 0 saturated carbocycles. The highest BCUT2D eigenvalue weighted by molar-refractivity contribution is 7.18. The molecule has 0 bridgehead atoms. The molecule has 0 aliphatic heterocycles. The van der Waals surface area contributed by atoms with Gasteiger partial charge in [0.1, 0.15) is 5.82 Å². The van der Waals surface area contributed by atoms with Crippen LogP contribution >= 0.6 is 11.3 Å². The summed E-state index contributed by atoms with van der Waals surface area (Å²) in [5.41, 5.74) is 2.01. The smallest absolute Gasteiger partial charge is 0.262 e. The molecule has 0 saturated heterocycles. The van der Waals surface area contributed by atoms with Crippen LogP contribution in [0.15, 0.2) is 60.7 Å². The summed E-state index contributed by atoms with van der Waals surface area (Å²) < 4.78 is 13.3. The van der Waals surface area contributed by atoms with Crippen molar-refractivity contribution in [1.29, 1.82) is 0 Å². The molecule has 27 heavy (non-hydrogen) atoms. The average molecular weight is 382 g/mol. The maximum absolute atomic E-state index is 13.3. The molecule has 4 nitrogen and oxygen atoms in total. The second-order valence-electron chi connectivity index (χ2n) is 6.19. The second kappa shape index (κ2) is 8.14. The lowest BCUT2D eigenvalue weighted by Crippen LogP contribution is -2.26. The number of aryl methyl sites for hydroxylation is 1. The topological polar surface area (TPSA) is 58.2 Å². The lowest BCUT2D eigenvalue weighted by molar-refractivity contribution is 0.0942. The number of carbonyl (C=O) groups is 2. The number of thiophene rings is 1. The predicted molar refractivity (Wildman–Crippen MR) is 106 cm³/mol. The van der Waals surface area contributed by atoms with Crippen LogP contribution in [0, 0.1) is 12.7 Å². The van der Waals surface area contributed by atoms with Crippen LogP contribution in [0.3, 0.4) is 0 Å². The third kappa shape index (κ3) is 4.60. The van der Waals surface area contributed by atoms with Gasteiger partial charge in [-0.3, -0.25) is 9.59 Å². The highest BCUT2D eigenvalue weighted by Crippen LogP contribution is 2.28. The molecule has 1 atom stereocenters. The van der Waals surface area contributed by atoms with E-state index in [-0.39, 0.29) is 17.5 Å². The van der Waals surface area contributed by atoms with Crippen LogP contribution in [-0.2, 0) is 0 Å². The molecule has 0 aliphatic carbocycles. The summed E-state index contributed by atoms with van der Waals surface area (Å²) in [6.07, 6.45) is 0. The van der Waals surface area contributed by atoms with Gasteiger partial charge in [-0.05, 0) is 49.2 Å². The number of halogens is 1. The van der Waals surface area contributed by atoms with Gasteiger partial charge < -0.3 is 10.6 Å². The minimum atomic E-state index is -0.472. The quantitative estimate of drug-likeness (QED) is 0.657. The second-order valence-corrected chi connectivity index (χ2v) is 7.25. The summed E-state index contributed by atoms with van der Waals surface area (Å²) >= 11 is 1.19. The van der Waals surface area contributed by atoms with E-state index in [1.54, 1.807) is 6.07 Å². The molecule has 0 fully saturated rings. The zero-order valence-electron chi connectivity index (χ0n) is 15.0. The minimum absolute atomic E-state index is 0.134. The number of hydrogen-bond acceptors (Lipinski definition) is 3. The van der Waals surface area contributed by atoms with Gasteiger partial charge in [-0.1, -0.05) is 36.4 Å². The standard InChI is InChI=1S/C21H19FN2O2S/c1-13-11-18(24-20(25)16-9-6-10-17(22)12-16)27-19(13)21(26)23-14(2)15-7-4-3-5-8-15/h3-12,14H,1-2H3,(H,23,26)(H,24,25). The Morgan fingerprint density at radius 2 is 1.74 bits per heavy atom. The number of rotatable bonds is 5. The van der Waals surface area contributed by atoms with E-state index in [2.05, 4.69) is 10.6 Å². The van der Waals surface area contributed by atoms with E-state index in [1.807, 2.05) is 44.2 Å². The number of amides is 2. The van der Waals surface area contributed by atoms with Crippen molar-refractivity contribution >= 4 is 28.2 Å². The Morgan fingerprint density at radius 1 is 1.00 bits per heavy atom. The Kier molecular flexibility index (Phi) is 5.66. The highest BCUT2D eigenvalue weighted by atomic mass is 32.1. The van der Waals surface area contributed by atoms with E-state index in [0.717, 1.165) is 11.1 Å². The summed E-state index contributed by atoms with van der Waals surface area (Å²) in [4.78, 5) is 25.4. The van der Waals surface area contributed by atoms with Crippen molar-refractivity contribution in [3.05, 3.63) is 88.0 Å². The van der Waals surface area contributed by atoms with Crippen molar-refractivity contribution < 1.29 is 14.0 Å². The summed E-state index contributed by atoms with van der Waals surface area (Å²) in [6, 6.07) is 16.8. The maximum Gasteiger partial charge on any atom is 0.262 e. The monoisotopic (exact) mass is 382 g/mol. The zero-order chi connectivity index (χ0) is 19.4. The van der Waals surface area contributed by atoms with E-state index < -0.39 is 11.7 Å². The predicted octanol–water partition coefficient (Wildman–Crippen LogP) is 4.94. The first-order valence-electron chi connectivity index (χ1n) is 8.47. The first kappa shape index (κ1) is 18.8. The highest BCUT2D eigenvalue weighted by Gasteiger charge is 2.18. The van der Waals surface area contributed by atoms with Gasteiger partial charge in [-0.2, -0.15) is 0 Å². The van der Waals surface area contributed by atoms with Gasteiger partial charge in [-0.15, -0.1) is 11.3 Å². The van der Waals surface area contributed by atoms with E-state index >= 15 is 0 Å². The Balaban J connectivity index is 1.70. The Hall–Kier alpha value is -2.99. The van der Waals surface area contributed by atoms with E-state index in [4.69, 9.17) is 0 Å². The Bertz CT molecular complexity index is 969. The number of nitrogens with one attached hydrogen (secondary N) is 2. The van der Waals surface area contributed by atoms with Gasteiger partial charge in [0.2, 0.25) is 0 Å². The molecule has 3 rings (SSSR count). The molecule has 0 spiro atoms. The van der Waals surface area contributed by atoms with Gasteiger partial charge in [0.05, 0.1) is 15.9 Å². The first-order chi connectivity index (χ1) is 12.9. The van der Waals surface area contributed by atoms with Crippen molar-refractivity contribution in [2.45, 2.75) is 19.9 Å². The number of anilines is 1. The van der Waals surface area contributed by atoms with Crippen molar-refractivity contribution in [3.63, 3.8) is 0 Å². The van der Waals surface area contributed by atoms with Crippen LogP contribution < -0.4 is 10.6 Å². The Labute approximate surface area is 161 Å². The molecule has 6 heteroatoms. The number of carbonyl (C=O) groups excluding carboxylic acids is 2. The molecule has 1 heterocycles. The molecule has 1 aromatic heterocycles. The fourth-order valence-corrected chi connectivity index (χ4v) is 3.64. The molecule has 0 aliphatic rings. The minimum Gasteiger partial charge on any atom is -0.345 e. The average Bonchev–Trinajstić information content (AvgIpc) is 3.02. The normalized spacial score (nSPS) is 11.7. The first-order valence-corrected chi connectivity index (χ1v) is 9.29. The third-order valence-electron chi connectivity index (χ3n) is 4.09. The molecular formula is C21H19FN2O2S. The van der Waals surface area contributed by atoms with Crippen LogP contribution in [0.1, 0.15) is 44.1 Å². The number of hydrogen-bond donors (Lipinski definition) is 2. The van der Waals surface area contributed by atoms with Crippen LogP contribution in [0.2, 0.25) is 0 Å². The van der Waals surface area contributed by atoms with Gasteiger partial charge in [0.25, 0.3) is 11.8 Å². The molecule has 138 valence electrons. The third-order valence-corrected chi connectivity index (χ3v) is 5.25. The van der Waals surface area contributed by atoms with E-state index in [1.165, 1.54) is 35.6 Å². The molecule has 2 aromatic carbocycles. The van der Waals surface area contributed by atoms with Crippen molar-refractivity contribution in [2.24, 2.45) is 0 Å². The lowest BCUT2D eigenvalue weighted by atomic mass is 10.1. The molecule has 3 aromatic rings. The van der Waals surface area contributed by atoms with Gasteiger partial charge in [0, 0.05) is 5.56 Å². The summed E-state index contributed by atoms with van der Waals surface area (Å²) in [5.74, 6) is -1.08. The Morgan fingerprint density at radius 3 is 2.44 bits per heavy atom. The fraction of sp³-hybridized carbons (Fsp3) is 0.143. The van der Waals surface area contributed by atoms with E-state index in [0.29, 0.717) is 9.88 Å². The van der Waals surface area contributed by atoms with Gasteiger partial charge >= 0.3 is 0 Å². The van der Waals surface area contributed by atoms with Crippen molar-refractivity contribution in [2.75, 3.05) is 5.32 Å². The summed E-state index contributed by atoms with van der Waals surface area (Å²) in [7, 11) is 0. The van der Waals surface area contributed by atoms with Crippen LogP contribution in [0.25, 0.3) is 0 Å². The molecule has 1 unspecified atom stereocenters. The fourth-order valence-electron chi connectivity index (χ4n) is 2.67. The van der Waals surface area contributed by atoms with E-state index in [9.17, 15) is 14.0 Å². The van der Waals surface area contributed by atoms with Gasteiger partial charge in [0.15, 0.2) is 0 Å². The number of benzene rings is 2. The summed E-state index contributed by atoms with van der Waals surface area (Å²) in [6.45, 7) is 3.74. The van der Waals surface area contributed by atoms with Crippen LogP contribution in [0.5, 0.6) is 0 Å². The van der Waals surface area contributed by atoms with Gasteiger partial charge in [-0.25, -0.2) is 4.39 Å². The zero-order valence-corrected chi connectivity index (χ0v) is 15.8. The largest absolute Gasteiger partial charge is 0.345 e.